The molecule has 0 aliphatic heterocycles. The SMILES string of the molecule is COc1ccc(CNc2cnc(-c3ccccc3)n(CC(=O)O)c2=O)c(OC)c1. The molecule has 29 heavy (non-hydrogen) atoms. The van der Waals surface area contributed by atoms with Gasteiger partial charge >= 0.3 is 5.97 Å². The molecule has 0 spiro atoms. The van der Waals surface area contributed by atoms with Gasteiger partial charge in [-0.3, -0.25) is 14.2 Å². The zero-order chi connectivity index (χ0) is 20.8. The number of hydrogen-bond acceptors (Lipinski definition) is 6. The number of carbonyl (C=O) groups is 1. The van der Waals surface area contributed by atoms with Crippen molar-refractivity contribution in [1.82, 2.24) is 9.55 Å². The lowest BCUT2D eigenvalue weighted by atomic mass is 10.2. The van der Waals surface area contributed by atoms with E-state index in [1.165, 1.54) is 6.20 Å². The summed E-state index contributed by atoms with van der Waals surface area (Å²) >= 11 is 0. The van der Waals surface area contributed by atoms with Gasteiger partial charge in [-0.1, -0.05) is 30.3 Å². The van der Waals surface area contributed by atoms with E-state index in [-0.39, 0.29) is 5.69 Å². The molecule has 0 radical (unpaired) electrons. The predicted octanol–water partition coefficient (Wildman–Crippen LogP) is 2.62. The molecule has 2 aromatic carbocycles. The molecule has 1 aromatic heterocycles. The van der Waals surface area contributed by atoms with Crippen LogP contribution in [0.4, 0.5) is 5.69 Å². The van der Waals surface area contributed by atoms with Crippen LogP contribution in [-0.2, 0) is 17.9 Å². The van der Waals surface area contributed by atoms with Gasteiger partial charge in [0.25, 0.3) is 5.56 Å². The zero-order valence-corrected chi connectivity index (χ0v) is 16.1. The monoisotopic (exact) mass is 395 g/mol. The number of rotatable bonds is 8. The van der Waals surface area contributed by atoms with E-state index in [4.69, 9.17) is 9.47 Å². The Morgan fingerprint density at radius 1 is 1.14 bits per heavy atom. The number of ether oxygens (including phenoxy) is 2. The highest BCUT2D eigenvalue weighted by molar-refractivity contribution is 5.68. The van der Waals surface area contributed by atoms with E-state index in [9.17, 15) is 14.7 Å². The number of hydrogen-bond donors (Lipinski definition) is 2. The first-order valence-electron chi connectivity index (χ1n) is 8.85. The van der Waals surface area contributed by atoms with Crippen LogP contribution in [0, 0.1) is 0 Å². The van der Waals surface area contributed by atoms with Crippen LogP contribution in [0.3, 0.4) is 0 Å². The lowest BCUT2D eigenvalue weighted by molar-refractivity contribution is -0.137. The third-order valence-electron chi connectivity index (χ3n) is 4.34. The van der Waals surface area contributed by atoms with Gasteiger partial charge < -0.3 is 19.9 Å². The number of carboxylic acid groups (broad SMARTS) is 1. The molecule has 0 fully saturated rings. The molecule has 3 rings (SSSR count). The van der Waals surface area contributed by atoms with Crippen molar-refractivity contribution in [1.29, 1.82) is 0 Å². The van der Waals surface area contributed by atoms with Gasteiger partial charge in [-0.2, -0.15) is 0 Å². The Hall–Kier alpha value is -3.81. The van der Waals surface area contributed by atoms with Crippen molar-refractivity contribution < 1.29 is 19.4 Å². The van der Waals surface area contributed by atoms with Crippen molar-refractivity contribution in [2.45, 2.75) is 13.1 Å². The molecule has 8 heteroatoms. The first kappa shape index (κ1) is 19.9. The largest absolute Gasteiger partial charge is 0.497 e. The molecule has 0 saturated heterocycles. The normalized spacial score (nSPS) is 10.4. The second kappa shape index (κ2) is 8.92. The Bertz CT molecular complexity index is 1060. The second-order valence-corrected chi connectivity index (χ2v) is 6.18. The molecule has 0 atom stereocenters. The fourth-order valence-corrected chi connectivity index (χ4v) is 2.90. The summed E-state index contributed by atoms with van der Waals surface area (Å²) in [4.78, 5) is 28.6. The van der Waals surface area contributed by atoms with Crippen LogP contribution in [0.5, 0.6) is 11.5 Å². The first-order chi connectivity index (χ1) is 14.0. The molecular weight excluding hydrogens is 374 g/mol. The standard InChI is InChI=1S/C21H21N3O5/c1-28-16-9-8-15(18(10-16)29-2)11-22-17-12-23-20(14-6-4-3-5-7-14)24(21(17)27)13-19(25)26/h3-10,12,22H,11,13H2,1-2H3,(H,25,26). The number of aliphatic carboxylic acids is 1. The van der Waals surface area contributed by atoms with Crippen molar-refractivity contribution >= 4 is 11.7 Å². The van der Waals surface area contributed by atoms with E-state index < -0.39 is 18.1 Å². The van der Waals surface area contributed by atoms with E-state index in [2.05, 4.69) is 10.3 Å². The summed E-state index contributed by atoms with van der Waals surface area (Å²) in [5.74, 6) is 0.436. The maximum absolute atomic E-state index is 12.9. The van der Waals surface area contributed by atoms with Gasteiger partial charge in [-0.05, 0) is 12.1 Å². The Balaban J connectivity index is 1.93. The van der Waals surface area contributed by atoms with Crippen molar-refractivity contribution in [3.05, 3.63) is 70.6 Å². The first-order valence-corrected chi connectivity index (χ1v) is 8.85. The predicted molar refractivity (Wildman–Crippen MR) is 108 cm³/mol. The number of anilines is 1. The van der Waals surface area contributed by atoms with Gasteiger partial charge in [-0.25, -0.2) is 4.98 Å². The molecule has 0 amide bonds. The summed E-state index contributed by atoms with van der Waals surface area (Å²) in [7, 11) is 3.12. The minimum atomic E-state index is -1.12. The summed E-state index contributed by atoms with van der Waals surface area (Å²) in [6.07, 6.45) is 1.42. The van der Waals surface area contributed by atoms with E-state index >= 15 is 0 Å². The molecule has 0 aliphatic carbocycles. The number of benzene rings is 2. The van der Waals surface area contributed by atoms with Crippen LogP contribution >= 0.6 is 0 Å². The summed E-state index contributed by atoms with van der Waals surface area (Å²) in [6.45, 7) is -0.195. The summed E-state index contributed by atoms with van der Waals surface area (Å²) in [5, 5.41) is 12.3. The molecule has 0 unspecified atom stereocenters. The van der Waals surface area contributed by atoms with Crippen molar-refractivity contribution in [2.75, 3.05) is 19.5 Å². The van der Waals surface area contributed by atoms with Crippen molar-refractivity contribution in [2.24, 2.45) is 0 Å². The topological polar surface area (TPSA) is 103 Å². The lowest BCUT2D eigenvalue weighted by Gasteiger charge is -2.14. The quantitative estimate of drug-likeness (QED) is 0.604. The zero-order valence-electron chi connectivity index (χ0n) is 16.1. The third kappa shape index (κ3) is 4.55. The summed E-state index contributed by atoms with van der Waals surface area (Å²) in [5.41, 5.74) is 1.20. The summed E-state index contributed by atoms with van der Waals surface area (Å²) < 4.78 is 11.7. The third-order valence-corrected chi connectivity index (χ3v) is 4.34. The number of methoxy groups -OCH3 is 2. The Morgan fingerprint density at radius 3 is 2.55 bits per heavy atom. The molecule has 2 N–H and O–H groups in total. The molecule has 3 aromatic rings. The fraction of sp³-hybridized carbons (Fsp3) is 0.190. The molecule has 8 nitrogen and oxygen atoms in total. The van der Waals surface area contributed by atoms with Crippen LogP contribution in [-0.4, -0.2) is 34.8 Å². The average Bonchev–Trinajstić information content (AvgIpc) is 2.74. The van der Waals surface area contributed by atoms with E-state index in [0.717, 1.165) is 10.1 Å². The number of nitrogens with zero attached hydrogens (tertiary/aromatic N) is 2. The Labute approximate surface area is 167 Å². The van der Waals surface area contributed by atoms with Crippen molar-refractivity contribution in [3.8, 4) is 22.9 Å². The highest BCUT2D eigenvalue weighted by Crippen LogP contribution is 2.25. The van der Waals surface area contributed by atoms with E-state index in [1.807, 2.05) is 12.1 Å². The van der Waals surface area contributed by atoms with E-state index in [0.29, 0.717) is 29.4 Å². The Kier molecular flexibility index (Phi) is 6.13. The minimum Gasteiger partial charge on any atom is -0.497 e. The number of carboxylic acids is 1. The molecule has 150 valence electrons. The molecule has 1 heterocycles. The summed E-state index contributed by atoms with van der Waals surface area (Å²) in [6, 6.07) is 14.3. The van der Waals surface area contributed by atoms with Gasteiger partial charge in [0.15, 0.2) is 0 Å². The fourth-order valence-electron chi connectivity index (χ4n) is 2.90. The second-order valence-electron chi connectivity index (χ2n) is 6.18. The van der Waals surface area contributed by atoms with Crippen LogP contribution < -0.4 is 20.3 Å². The molecule has 0 aliphatic rings. The van der Waals surface area contributed by atoms with Crippen LogP contribution in [0.25, 0.3) is 11.4 Å². The van der Waals surface area contributed by atoms with Gasteiger partial charge in [0.05, 0.1) is 20.4 Å². The highest BCUT2D eigenvalue weighted by atomic mass is 16.5. The van der Waals surface area contributed by atoms with Gasteiger partial charge in [0.1, 0.15) is 29.6 Å². The van der Waals surface area contributed by atoms with E-state index in [1.54, 1.807) is 50.6 Å². The van der Waals surface area contributed by atoms with Gasteiger partial charge in [0, 0.05) is 23.7 Å². The van der Waals surface area contributed by atoms with Crippen LogP contribution in [0.15, 0.2) is 59.5 Å². The molecular formula is C21H21N3O5. The molecule has 0 saturated carbocycles. The smallest absolute Gasteiger partial charge is 0.323 e. The molecule has 0 bridgehead atoms. The maximum atomic E-state index is 12.9. The number of nitrogens with one attached hydrogen (secondary N) is 1. The van der Waals surface area contributed by atoms with Gasteiger partial charge in [-0.15, -0.1) is 0 Å². The van der Waals surface area contributed by atoms with Gasteiger partial charge in [0.2, 0.25) is 0 Å². The van der Waals surface area contributed by atoms with Crippen molar-refractivity contribution in [3.63, 3.8) is 0 Å². The van der Waals surface area contributed by atoms with Crippen LogP contribution in [0.1, 0.15) is 5.56 Å². The lowest BCUT2D eigenvalue weighted by Crippen LogP contribution is -2.29. The number of aromatic nitrogens is 2. The Morgan fingerprint density at radius 2 is 1.90 bits per heavy atom. The highest BCUT2D eigenvalue weighted by Gasteiger charge is 2.15. The minimum absolute atomic E-state index is 0.198. The van der Waals surface area contributed by atoms with Crippen LogP contribution in [0.2, 0.25) is 0 Å². The average molecular weight is 395 g/mol. The maximum Gasteiger partial charge on any atom is 0.323 e.